The second-order valence-corrected chi connectivity index (χ2v) is 6.76. The number of likely N-dealkylation sites (N-methyl/N-ethyl adjacent to an activating group) is 1. The fourth-order valence-corrected chi connectivity index (χ4v) is 2.86. The lowest BCUT2D eigenvalue weighted by atomic mass is 9.93. The highest BCUT2D eigenvalue weighted by atomic mass is 16.2. The number of amides is 2. The van der Waals surface area contributed by atoms with Gasteiger partial charge in [0.25, 0.3) is 0 Å². The highest BCUT2D eigenvalue weighted by Crippen LogP contribution is 2.16. The van der Waals surface area contributed by atoms with Gasteiger partial charge in [0, 0.05) is 12.5 Å². The molecule has 2 atom stereocenters. The molecule has 1 rings (SSSR count). The maximum Gasteiger partial charge on any atom is 0.242 e. The smallest absolute Gasteiger partial charge is 0.242 e. The number of carbonyl (C=O) groups is 2. The van der Waals surface area contributed by atoms with Crippen molar-refractivity contribution in [3.8, 4) is 0 Å². The summed E-state index contributed by atoms with van der Waals surface area (Å²) in [5, 5.41) is 5.81. The summed E-state index contributed by atoms with van der Waals surface area (Å²) < 4.78 is 0. The van der Waals surface area contributed by atoms with E-state index in [4.69, 9.17) is 0 Å². The average Bonchev–Trinajstić information content (AvgIpc) is 2.54. The van der Waals surface area contributed by atoms with E-state index in [2.05, 4.69) is 31.4 Å². The average molecular weight is 332 g/mol. The molecule has 0 bridgehead atoms. The fourth-order valence-electron chi connectivity index (χ4n) is 2.86. The van der Waals surface area contributed by atoms with Gasteiger partial charge in [-0.3, -0.25) is 9.59 Å². The third-order valence-corrected chi connectivity index (χ3v) is 4.02. The van der Waals surface area contributed by atoms with Gasteiger partial charge in [0.2, 0.25) is 11.8 Å². The minimum atomic E-state index is -0.451. The maximum absolute atomic E-state index is 12.7. The summed E-state index contributed by atoms with van der Waals surface area (Å²) in [4.78, 5) is 25.0. The highest BCUT2D eigenvalue weighted by molar-refractivity contribution is 5.88. The van der Waals surface area contributed by atoms with Gasteiger partial charge < -0.3 is 10.6 Å². The molecular weight excluding hydrogens is 300 g/mol. The molecule has 0 heterocycles. The Morgan fingerprint density at radius 1 is 1.04 bits per heavy atom. The van der Waals surface area contributed by atoms with Crippen LogP contribution in [0.15, 0.2) is 30.3 Å². The van der Waals surface area contributed by atoms with Crippen LogP contribution in [0.4, 0.5) is 0 Å². The Morgan fingerprint density at radius 3 is 2.25 bits per heavy atom. The first-order chi connectivity index (χ1) is 11.5. The van der Waals surface area contributed by atoms with E-state index in [1.54, 1.807) is 0 Å². The Morgan fingerprint density at radius 2 is 1.71 bits per heavy atom. The van der Waals surface area contributed by atoms with E-state index < -0.39 is 6.04 Å². The van der Waals surface area contributed by atoms with E-state index in [-0.39, 0.29) is 17.7 Å². The predicted octanol–water partition coefficient (Wildman–Crippen LogP) is 3.31. The van der Waals surface area contributed by atoms with Crippen LogP contribution >= 0.6 is 0 Å². The van der Waals surface area contributed by atoms with Crippen molar-refractivity contribution in [2.45, 2.75) is 59.4 Å². The van der Waals surface area contributed by atoms with E-state index in [0.717, 1.165) is 18.4 Å². The number of rotatable bonds is 10. The van der Waals surface area contributed by atoms with Gasteiger partial charge >= 0.3 is 0 Å². The van der Waals surface area contributed by atoms with Crippen LogP contribution in [0.3, 0.4) is 0 Å². The van der Waals surface area contributed by atoms with E-state index in [0.29, 0.717) is 25.3 Å². The molecule has 0 radical (unpaired) electrons. The van der Waals surface area contributed by atoms with Crippen molar-refractivity contribution in [3.63, 3.8) is 0 Å². The molecule has 0 aliphatic carbocycles. The van der Waals surface area contributed by atoms with Gasteiger partial charge in [-0.15, -0.1) is 0 Å². The lowest BCUT2D eigenvalue weighted by molar-refractivity contribution is -0.131. The van der Waals surface area contributed by atoms with Crippen molar-refractivity contribution in [1.29, 1.82) is 0 Å². The number of hydrogen-bond acceptors (Lipinski definition) is 2. The van der Waals surface area contributed by atoms with Crippen molar-refractivity contribution in [2.24, 2.45) is 11.8 Å². The SMILES string of the molecule is CCCC(Cc1ccccc1)C(=O)NC(CC(C)C)C(=O)NCC. The molecule has 4 heteroatoms. The largest absolute Gasteiger partial charge is 0.355 e. The van der Waals surface area contributed by atoms with Gasteiger partial charge in [-0.05, 0) is 37.7 Å². The zero-order chi connectivity index (χ0) is 17.9. The fraction of sp³-hybridized carbons (Fsp3) is 0.600. The van der Waals surface area contributed by atoms with Crippen LogP contribution in [-0.2, 0) is 16.0 Å². The first-order valence-electron chi connectivity index (χ1n) is 9.09. The van der Waals surface area contributed by atoms with Crippen molar-refractivity contribution >= 4 is 11.8 Å². The third-order valence-electron chi connectivity index (χ3n) is 4.02. The molecule has 2 N–H and O–H groups in total. The molecule has 0 aliphatic rings. The quantitative estimate of drug-likeness (QED) is 0.690. The topological polar surface area (TPSA) is 58.2 Å². The summed E-state index contributed by atoms with van der Waals surface area (Å²) >= 11 is 0. The molecule has 4 nitrogen and oxygen atoms in total. The molecule has 24 heavy (non-hydrogen) atoms. The molecule has 0 spiro atoms. The number of hydrogen-bond donors (Lipinski definition) is 2. The van der Waals surface area contributed by atoms with Crippen LogP contribution < -0.4 is 10.6 Å². The summed E-state index contributed by atoms with van der Waals surface area (Å²) in [6, 6.07) is 9.61. The summed E-state index contributed by atoms with van der Waals surface area (Å²) in [6.45, 7) is 8.67. The monoisotopic (exact) mass is 332 g/mol. The molecule has 0 aromatic heterocycles. The second kappa shape index (κ2) is 10.8. The number of benzene rings is 1. The Balaban J connectivity index is 2.77. The first kappa shape index (κ1) is 20.2. The van der Waals surface area contributed by atoms with E-state index in [9.17, 15) is 9.59 Å². The number of carbonyl (C=O) groups excluding carboxylic acids is 2. The van der Waals surface area contributed by atoms with E-state index in [1.165, 1.54) is 0 Å². The highest BCUT2D eigenvalue weighted by Gasteiger charge is 2.25. The molecule has 0 fully saturated rings. The molecule has 2 unspecified atom stereocenters. The second-order valence-electron chi connectivity index (χ2n) is 6.76. The van der Waals surface area contributed by atoms with Crippen molar-refractivity contribution in [1.82, 2.24) is 10.6 Å². The van der Waals surface area contributed by atoms with Gasteiger partial charge in [0.05, 0.1) is 0 Å². The van der Waals surface area contributed by atoms with Crippen molar-refractivity contribution in [3.05, 3.63) is 35.9 Å². The Hall–Kier alpha value is -1.84. The predicted molar refractivity (Wildman–Crippen MR) is 98.6 cm³/mol. The minimum Gasteiger partial charge on any atom is -0.355 e. The summed E-state index contributed by atoms with van der Waals surface area (Å²) in [7, 11) is 0. The van der Waals surface area contributed by atoms with Crippen molar-refractivity contribution in [2.75, 3.05) is 6.54 Å². The molecule has 134 valence electrons. The molecule has 1 aromatic carbocycles. The van der Waals surface area contributed by atoms with Crippen LogP contribution in [0.2, 0.25) is 0 Å². The first-order valence-corrected chi connectivity index (χ1v) is 9.09. The van der Waals surface area contributed by atoms with Crippen LogP contribution in [0, 0.1) is 11.8 Å². The Bertz CT molecular complexity index is 500. The molecule has 0 aliphatic heterocycles. The van der Waals surface area contributed by atoms with Gasteiger partial charge in [0.15, 0.2) is 0 Å². The van der Waals surface area contributed by atoms with Crippen molar-refractivity contribution < 1.29 is 9.59 Å². The van der Waals surface area contributed by atoms with Crippen LogP contribution in [0.25, 0.3) is 0 Å². The maximum atomic E-state index is 12.7. The normalized spacial score (nSPS) is 13.4. The molecule has 0 saturated heterocycles. The lowest BCUT2D eigenvalue weighted by Crippen LogP contribution is -2.49. The molecule has 0 saturated carbocycles. The number of nitrogens with one attached hydrogen (secondary N) is 2. The van der Waals surface area contributed by atoms with Gasteiger partial charge in [0.1, 0.15) is 6.04 Å². The van der Waals surface area contributed by atoms with E-state index >= 15 is 0 Å². The van der Waals surface area contributed by atoms with Crippen LogP contribution in [0.5, 0.6) is 0 Å². The van der Waals surface area contributed by atoms with E-state index in [1.807, 2.05) is 37.3 Å². The third kappa shape index (κ3) is 7.16. The van der Waals surface area contributed by atoms with Gasteiger partial charge in [-0.2, -0.15) is 0 Å². The summed E-state index contributed by atoms with van der Waals surface area (Å²) in [6.07, 6.45) is 3.14. The van der Waals surface area contributed by atoms with Gasteiger partial charge in [-0.25, -0.2) is 0 Å². The zero-order valence-electron chi connectivity index (χ0n) is 15.5. The van der Waals surface area contributed by atoms with Crippen LogP contribution in [-0.4, -0.2) is 24.4 Å². The lowest BCUT2D eigenvalue weighted by Gasteiger charge is -2.23. The summed E-state index contributed by atoms with van der Waals surface area (Å²) in [5.41, 5.74) is 1.16. The molecule has 2 amide bonds. The Kier molecular flexibility index (Phi) is 9.13. The van der Waals surface area contributed by atoms with Gasteiger partial charge in [-0.1, -0.05) is 57.5 Å². The minimum absolute atomic E-state index is 0.0161. The standard InChI is InChI=1S/C20H32N2O2/c1-5-10-17(14-16-11-8-7-9-12-16)19(23)22-18(13-15(3)4)20(24)21-6-2/h7-9,11-12,15,17-18H,5-6,10,13-14H2,1-4H3,(H,21,24)(H,22,23). The molecule has 1 aromatic rings. The molecular formula is C20H32N2O2. The summed E-state index contributed by atoms with van der Waals surface area (Å²) in [5.74, 6) is 0.144. The van der Waals surface area contributed by atoms with Crippen LogP contribution in [0.1, 0.15) is 52.5 Å². The Labute approximate surface area is 146 Å². The zero-order valence-corrected chi connectivity index (χ0v) is 15.5.